The van der Waals surface area contributed by atoms with Crippen LogP contribution in [0.1, 0.15) is 18.9 Å². The molecule has 26 heavy (non-hydrogen) atoms. The molecule has 2 aliphatic rings. The van der Waals surface area contributed by atoms with Crippen LogP contribution in [0.2, 0.25) is 0 Å². The van der Waals surface area contributed by atoms with Gasteiger partial charge >= 0.3 is 0 Å². The molecule has 1 fully saturated rings. The van der Waals surface area contributed by atoms with Crippen LogP contribution in [0.5, 0.6) is 11.5 Å². The summed E-state index contributed by atoms with van der Waals surface area (Å²) in [7, 11) is 0. The smallest absolute Gasteiger partial charge is 0.224 e. The summed E-state index contributed by atoms with van der Waals surface area (Å²) in [4.78, 5) is 18.9. The normalized spacial score (nSPS) is 15.9. The van der Waals surface area contributed by atoms with E-state index < -0.39 is 0 Å². The Bertz CT molecular complexity index is 857. The number of anilines is 1. The highest BCUT2D eigenvalue weighted by Crippen LogP contribution is 2.39. The second kappa shape index (κ2) is 7.17. The zero-order chi connectivity index (χ0) is 17.9. The quantitative estimate of drug-likeness (QED) is 0.899. The van der Waals surface area contributed by atoms with Crippen molar-refractivity contribution in [2.24, 2.45) is 4.99 Å². The minimum absolute atomic E-state index is 0.0207. The molecule has 1 saturated heterocycles. The van der Waals surface area contributed by atoms with Crippen molar-refractivity contribution >= 4 is 23.1 Å². The fourth-order valence-corrected chi connectivity index (χ4v) is 3.07. The highest BCUT2D eigenvalue weighted by atomic mass is 16.5. The molecular weight excluding hydrogens is 330 g/mol. The highest BCUT2D eigenvalue weighted by Gasteiger charge is 2.24. The molecule has 6 heteroatoms. The number of carbonyl (C=O) groups excluding carboxylic acids is 1. The van der Waals surface area contributed by atoms with Gasteiger partial charge in [-0.3, -0.25) is 4.79 Å². The van der Waals surface area contributed by atoms with Crippen molar-refractivity contribution in [2.45, 2.75) is 13.3 Å². The number of hydrogen-bond acceptors (Lipinski definition) is 5. The largest absolute Gasteiger partial charge is 0.454 e. The lowest BCUT2D eigenvalue weighted by Gasteiger charge is -2.30. The van der Waals surface area contributed by atoms with Crippen molar-refractivity contribution in [2.75, 3.05) is 31.6 Å². The SMILES string of the molecule is CCC(=O)Nc1ccc2c(c1)C(N1CCOCC1)=Nc1ccccc1O2. The van der Waals surface area contributed by atoms with Crippen LogP contribution in [0, 0.1) is 0 Å². The van der Waals surface area contributed by atoms with Gasteiger partial charge in [0.1, 0.15) is 17.3 Å². The predicted octanol–water partition coefficient (Wildman–Crippen LogP) is 3.55. The molecule has 0 atom stereocenters. The van der Waals surface area contributed by atoms with E-state index in [9.17, 15) is 4.79 Å². The molecule has 0 aromatic heterocycles. The van der Waals surface area contributed by atoms with Crippen LogP contribution in [-0.2, 0) is 9.53 Å². The Hall–Kier alpha value is -2.86. The van der Waals surface area contributed by atoms with Gasteiger partial charge in [0, 0.05) is 25.2 Å². The summed E-state index contributed by atoms with van der Waals surface area (Å²) in [5.41, 5.74) is 2.41. The first-order valence-electron chi connectivity index (χ1n) is 8.87. The summed E-state index contributed by atoms with van der Waals surface area (Å²) in [6, 6.07) is 13.4. The molecule has 2 aromatic rings. The van der Waals surface area contributed by atoms with Crippen LogP contribution in [0.25, 0.3) is 0 Å². The summed E-state index contributed by atoms with van der Waals surface area (Å²) in [6.07, 6.45) is 0.434. The van der Waals surface area contributed by atoms with Crippen LogP contribution >= 0.6 is 0 Å². The third-order valence-corrected chi connectivity index (χ3v) is 4.45. The van der Waals surface area contributed by atoms with E-state index >= 15 is 0 Å². The molecule has 2 aromatic carbocycles. The highest BCUT2D eigenvalue weighted by molar-refractivity contribution is 6.05. The van der Waals surface area contributed by atoms with Crippen LogP contribution in [0.15, 0.2) is 47.5 Å². The third kappa shape index (κ3) is 3.28. The third-order valence-electron chi connectivity index (χ3n) is 4.45. The first-order chi connectivity index (χ1) is 12.7. The lowest BCUT2D eigenvalue weighted by Crippen LogP contribution is -2.41. The number of carbonyl (C=O) groups is 1. The van der Waals surface area contributed by atoms with E-state index in [1.54, 1.807) is 0 Å². The van der Waals surface area contributed by atoms with Crippen molar-refractivity contribution in [1.29, 1.82) is 0 Å². The number of amidine groups is 1. The fourth-order valence-electron chi connectivity index (χ4n) is 3.07. The Labute approximate surface area is 152 Å². The molecule has 4 rings (SSSR count). The topological polar surface area (TPSA) is 63.2 Å². The van der Waals surface area contributed by atoms with Gasteiger partial charge in [-0.2, -0.15) is 0 Å². The monoisotopic (exact) mass is 351 g/mol. The molecule has 6 nitrogen and oxygen atoms in total. The van der Waals surface area contributed by atoms with Crippen molar-refractivity contribution in [3.63, 3.8) is 0 Å². The standard InChI is InChI=1S/C20H21N3O3/c1-2-19(24)21-14-7-8-17-15(13-14)20(23-9-11-25-12-10-23)22-16-5-3-4-6-18(16)26-17/h3-8,13H,2,9-12H2,1H3,(H,21,24). The molecule has 0 aliphatic carbocycles. The van der Waals surface area contributed by atoms with E-state index in [0.29, 0.717) is 19.6 Å². The summed E-state index contributed by atoms with van der Waals surface area (Å²) >= 11 is 0. The molecule has 0 saturated carbocycles. The second-order valence-corrected chi connectivity index (χ2v) is 6.22. The number of benzene rings is 2. The van der Waals surface area contributed by atoms with Gasteiger partial charge in [-0.25, -0.2) is 4.99 Å². The summed E-state index contributed by atoms with van der Waals surface area (Å²) < 4.78 is 11.6. The summed E-state index contributed by atoms with van der Waals surface area (Å²) in [5, 5.41) is 2.91. The molecule has 0 spiro atoms. The second-order valence-electron chi connectivity index (χ2n) is 6.22. The van der Waals surface area contributed by atoms with Crippen LogP contribution in [0.4, 0.5) is 11.4 Å². The molecule has 134 valence electrons. The maximum absolute atomic E-state index is 11.8. The van der Waals surface area contributed by atoms with E-state index in [0.717, 1.165) is 47.4 Å². The first kappa shape index (κ1) is 16.6. The Kier molecular flexibility index (Phi) is 4.58. The minimum Gasteiger partial charge on any atom is -0.454 e. The van der Waals surface area contributed by atoms with E-state index in [4.69, 9.17) is 14.5 Å². The van der Waals surface area contributed by atoms with E-state index in [1.165, 1.54) is 0 Å². The number of nitrogens with one attached hydrogen (secondary N) is 1. The number of aliphatic imine (C=N–C) groups is 1. The van der Waals surface area contributed by atoms with E-state index in [1.807, 2.05) is 49.4 Å². The van der Waals surface area contributed by atoms with Gasteiger partial charge < -0.3 is 19.7 Å². The minimum atomic E-state index is -0.0207. The van der Waals surface area contributed by atoms with Gasteiger partial charge in [0.05, 0.1) is 18.8 Å². The zero-order valence-electron chi connectivity index (χ0n) is 14.7. The summed E-state index contributed by atoms with van der Waals surface area (Å²) in [5.74, 6) is 2.28. The maximum atomic E-state index is 11.8. The van der Waals surface area contributed by atoms with Gasteiger partial charge in [-0.05, 0) is 30.3 Å². The maximum Gasteiger partial charge on any atom is 0.224 e. The van der Waals surface area contributed by atoms with Crippen LogP contribution in [0.3, 0.4) is 0 Å². The number of rotatable bonds is 2. The Balaban J connectivity index is 1.80. The fraction of sp³-hybridized carbons (Fsp3) is 0.300. The predicted molar refractivity (Wildman–Crippen MR) is 100 cm³/mol. The van der Waals surface area contributed by atoms with E-state index in [-0.39, 0.29) is 5.91 Å². The zero-order valence-corrected chi connectivity index (χ0v) is 14.7. The average molecular weight is 351 g/mol. The molecule has 0 unspecified atom stereocenters. The molecular formula is C20H21N3O3. The molecule has 1 N–H and O–H groups in total. The Morgan fingerprint density at radius 1 is 1.15 bits per heavy atom. The number of ether oxygens (including phenoxy) is 2. The Morgan fingerprint density at radius 3 is 2.77 bits per heavy atom. The lowest BCUT2D eigenvalue weighted by atomic mass is 10.1. The molecule has 1 amide bonds. The average Bonchev–Trinajstić information content (AvgIpc) is 2.85. The number of amides is 1. The van der Waals surface area contributed by atoms with Crippen molar-refractivity contribution < 1.29 is 14.3 Å². The van der Waals surface area contributed by atoms with Crippen LogP contribution in [-0.4, -0.2) is 42.9 Å². The molecule has 2 heterocycles. The first-order valence-corrected chi connectivity index (χ1v) is 8.87. The number of fused-ring (bicyclic) bond motifs is 2. The van der Waals surface area contributed by atoms with Gasteiger partial charge in [-0.15, -0.1) is 0 Å². The van der Waals surface area contributed by atoms with Gasteiger partial charge in [0.15, 0.2) is 5.75 Å². The van der Waals surface area contributed by atoms with Gasteiger partial charge in [-0.1, -0.05) is 19.1 Å². The molecule has 0 bridgehead atoms. The van der Waals surface area contributed by atoms with Crippen molar-refractivity contribution in [3.8, 4) is 11.5 Å². The number of nitrogens with zero attached hydrogens (tertiary/aromatic N) is 2. The van der Waals surface area contributed by atoms with E-state index in [2.05, 4.69) is 10.2 Å². The number of hydrogen-bond donors (Lipinski definition) is 1. The van der Waals surface area contributed by atoms with Gasteiger partial charge in [0.2, 0.25) is 5.91 Å². The van der Waals surface area contributed by atoms with Crippen molar-refractivity contribution in [3.05, 3.63) is 48.0 Å². The lowest BCUT2D eigenvalue weighted by molar-refractivity contribution is -0.115. The van der Waals surface area contributed by atoms with Crippen molar-refractivity contribution in [1.82, 2.24) is 4.90 Å². The summed E-state index contributed by atoms with van der Waals surface area (Å²) in [6.45, 7) is 4.71. The van der Waals surface area contributed by atoms with Gasteiger partial charge in [0.25, 0.3) is 0 Å². The molecule has 2 aliphatic heterocycles. The number of morpholine rings is 1. The Morgan fingerprint density at radius 2 is 1.96 bits per heavy atom. The molecule has 0 radical (unpaired) electrons. The van der Waals surface area contributed by atoms with Crippen LogP contribution < -0.4 is 10.1 Å². The number of para-hydroxylation sites is 2.